The molecule has 2 rings (SSSR count). The van der Waals surface area contributed by atoms with Crippen molar-refractivity contribution in [1.82, 2.24) is 0 Å². The zero-order valence-electron chi connectivity index (χ0n) is 8.30. The van der Waals surface area contributed by atoms with E-state index < -0.39 is 0 Å². The molecule has 1 aromatic rings. The van der Waals surface area contributed by atoms with E-state index in [1.807, 2.05) is 18.2 Å². The number of ketones is 1. The summed E-state index contributed by atoms with van der Waals surface area (Å²) in [5, 5.41) is 0. The van der Waals surface area contributed by atoms with Gasteiger partial charge in [0.25, 0.3) is 0 Å². The maximum atomic E-state index is 12.2. The van der Waals surface area contributed by atoms with Crippen LogP contribution in [0.15, 0.2) is 22.7 Å². The summed E-state index contributed by atoms with van der Waals surface area (Å²) < 4.78 is 2.05. The van der Waals surface area contributed by atoms with Crippen LogP contribution in [0, 0.1) is 9.49 Å². The fraction of sp³-hybridized carbons (Fsp3) is 0.417. The van der Waals surface area contributed by atoms with Crippen LogP contribution < -0.4 is 0 Å². The van der Waals surface area contributed by atoms with E-state index in [-0.39, 0.29) is 5.92 Å². The van der Waals surface area contributed by atoms with Crippen LogP contribution in [-0.4, -0.2) is 5.78 Å². The molecule has 0 spiro atoms. The van der Waals surface area contributed by atoms with Gasteiger partial charge in [-0.1, -0.05) is 28.8 Å². The lowest BCUT2D eigenvalue weighted by Crippen LogP contribution is -2.11. The molecule has 15 heavy (non-hydrogen) atoms. The second kappa shape index (κ2) is 4.95. The van der Waals surface area contributed by atoms with E-state index in [0.29, 0.717) is 5.78 Å². The number of Topliss-reactive ketones (excluding diaryl/α,β-unsaturated/α-hetero) is 1. The van der Waals surface area contributed by atoms with Gasteiger partial charge in [-0.15, -0.1) is 0 Å². The number of benzene rings is 1. The fourth-order valence-electron chi connectivity index (χ4n) is 2.09. The molecule has 1 aromatic carbocycles. The quantitative estimate of drug-likeness (QED) is 0.549. The van der Waals surface area contributed by atoms with Crippen LogP contribution in [0.4, 0.5) is 0 Å². The Balaban J connectivity index is 2.27. The largest absolute Gasteiger partial charge is 0.294 e. The van der Waals surface area contributed by atoms with Crippen LogP contribution in [0.25, 0.3) is 0 Å². The van der Waals surface area contributed by atoms with Crippen molar-refractivity contribution in [2.45, 2.75) is 25.7 Å². The smallest absolute Gasteiger partial charge is 0.167 e. The summed E-state index contributed by atoms with van der Waals surface area (Å²) in [6.07, 6.45) is 4.55. The maximum absolute atomic E-state index is 12.2. The first-order chi connectivity index (χ1) is 7.18. The zero-order chi connectivity index (χ0) is 10.8. The first-order valence-corrected chi connectivity index (χ1v) is 7.05. The van der Waals surface area contributed by atoms with Crippen molar-refractivity contribution < 1.29 is 4.79 Å². The maximum Gasteiger partial charge on any atom is 0.167 e. The Kier molecular flexibility index (Phi) is 3.83. The Labute approximate surface area is 112 Å². The highest BCUT2D eigenvalue weighted by Crippen LogP contribution is 2.31. The number of carbonyl (C=O) groups is 1. The second-order valence-electron chi connectivity index (χ2n) is 3.97. The number of hydrogen-bond acceptors (Lipinski definition) is 1. The summed E-state index contributed by atoms with van der Waals surface area (Å²) in [5.41, 5.74) is 0.855. The molecule has 80 valence electrons. The third kappa shape index (κ3) is 2.61. The van der Waals surface area contributed by atoms with Gasteiger partial charge in [-0.3, -0.25) is 4.79 Å². The molecule has 0 amide bonds. The minimum Gasteiger partial charge on any atom is -0.294 e. The van der Waals surface area contributed by atoms with Crippen LogP contribution in [0.3, 0.4) is 0 Å². The number of rotatable bonds is 2. The first kappa shape index (κ1) is 11.6. The van der Waals surface area contributed by atoms with Gasteiger partial charge in [0.2, 0.25) is 0 Å². The van der Waals surface area contributed by atoms with Crippen molar-refractivity contribution in [3.63, 3.8) is 0 Å². The SMILES string of the molecule is O=C(c1cc(I)ccc1Br)C1CCCC1. The summed E-state index contributed by atoms with van der Waals surface area (Å²) in [7, 11) is 0. The van der Waals surface area contributed by atoms with Gasteiger partial charge in [-0.05, 0) is 53.6 Å². The molecule has 0 N–H and O–H groups in total. The Bertz CT molecular complexity index is 383. The lowest BCUT2D eigenvalue weighted by Gasteiger charge is -2.09. The highest BCUT2D eigenvalue weighted by atomic mass is 127. The molecular weight excluding hydrogens is 367 g/mol. The van der Waals surface area contributed by atoms with E-state index in [1.54, 1.807) is 0 Å². The minimum atomic E-state index is 0.263. The van der Waals surface area contributed by atoms with Gasteiger partial charge in [-0.2, -0.15) is 0 Å². The predicted octanol–water partition coefficient (Wildman–Crippen LogP) is 4.43. The molecular formula is C12H12BrIO. The average Bonchev–Trinajstić information content (AvgIpc) is 2.74. The van der Waals surface area contributed by atoms with Gasteiger partial charge in [0.05, 0.1) is 0 Å². The van der Waals surface area contributed by atoms with Crippen molar-refractivity contribution in [3.8, 4) is 0 Å². The van der Waals surface area contributed by atoms with Gasteiger partial charge in [0.15, 0.2) is 5.78 Å². The van der Waals surface area contributed by atoms with Crippen molar-refractivity contribution >= 4 is 44.3 Å². The van der Waals surface area contributed by atoms with Gasteiger partial charge in [-0.25, -0.2) is 0 Å². The summed E-state index contributed by atoms with van der Waals surface area (Å²) in [6, 6.07) is 5.95. The molecule has 0 aromatic heterocycles. The summed E-state index contributed by atoms with van der Waals surface area (Å²) in [4.78, 5) is 12.2. The molecule has 0 saturated heterocycles. The molecule has 3 heteroatoms. The summed E-state index contributed by atoms with van der Waals surface area (Å²) >= 11 is 5.70. The Morgan fingerprint density at radius 3 is 2.67 bits per heavy atom. The van der Waals surface area contributed by atoms with Crippen molar-refractivity contribution in [2.24, 2.45) is 5.92 Å². The highest BCUT2D eigenvalue weighted by molar-refractivity contribution is 14.1. The monoisotopic (exact) mass is 378 g/mol. The molecule has 0 atom stereocenters. The number of carbonyl (C=O) groups excluding carboxylic acids is 1. The molecule has 0 unspecified atom stereocenters. The van der Waals surface area contributed by atoms with Crippen LogP contribution in [0.5, 0.6) is 0 Å². The molecule has 1 nitrogen and oxygen atoms in total. The molecule has 0 aliphatic heterocycles. The van der Waals surface area contributed by atoms with E-state index in [4.69, 9.17) is 0 Å². The molecule has 1 fully saturated rings. The second-order valence-corrected chi connectivity index (χ2v) is 6.07. The third-order valence-corrected chi connectivity index (χ3v) is 4.28. The molecule has 1 saturated carbocycles. The average molecular weight is 379 g/mol. The predicted molar refractivity (Wildman–Crippen MR) is 73.1 cm³/mol. The topological polar surface area (TPSA) is 17.1 Å². The lowest BCUT2D eigenvalue weighted by atomic mass is 9.96. The van der Waals surface area contributed by atoms with Gasteiger partial charge in [0.1, 0.15) is 0 Å². The van der Waals surface area contributed by atoms with Crippen LogP contribution in [-0.2, 0) is 0 Å². The van der Waals surface area contributed by atoms with E-state index in [9.17, 15) is 4.79 Å². The first-order valence-electron chi connectivity index (χ1n) is 5.18. The van der Waals surface area contributed by atoms with Gasteiger partial charge < -0.3 is 0 Å². The van der Waals surface area contributed by atoms with Crippen LogP contribution in [0.1, 0.15) is 36.0 Å². The van der Waals surface area contributed by atoms with E-state index in [1.165, 1.54) is 12.8 Å². The van der Waals surface area contributed by atoms with Gasteiger partial charge in [0, 0.05) is 19.5 Å². The molecule has 1 aliphatic carbocycles. The van der Waals surface area contributed by atoms with E-state index >= 15 is 0 Å². The van der Waals surface area contributed by atoms with Gasteiger partial charge >= 0.3 is 0 Å². The Morgan fingerprint density at radius 1 is 1.33 bits per heavy atom. The van der Waals surface area contributed by atoms with Crippen LogP contribution in [0.2, 0.25) is 0 Å². The highest BCUT2D eigenvalue weighted by Gasteiger charge is 2.25. The third-order valence-electron chi connectivity index (χ3n) is 2.92. The zero-order valence-corrected chi connectivity index (χ0v) is 12.0. The van der Waals surface area contributed by atoms with E-state index in [2.05, 4.69) is 38.5 Å². The summed E-state index contributed by atoms with van der Waals surface area (Å²) in [5.74, 6) is 0.581. The van der Waals surface area contributed by atoms with Crippen LogP contribution >= 0.6 is 38.5 Å². The minimum absolute atomic E-state index is 0.263. The molecule has 0 bridgehead atoms. The number of hydrogen-bond donors (Lipinski definition) is 0. The van der Waals surface area contributed by atoms with E-state index in [0.717, 1.165) is 26.4 Å². The molecule has 0 heterocycles. The normalized spacial score (nSPS) is 16.9. The lowest BCUT2D eigenvalue weighted by molar-refractivity contribution is 0.0922. The van der Waals surface area contributed by atoms with Crippen molar-refractivity contribution in [3.05, 3.63) is 31.8 Å². The van der Waals surface area contributed by atoms with Crippen molar-refractivity contribution in [1.29, 1.82) is 0 Å². The molecule has 0 radical (unpaired) electrons. The van der Waals surface area contributed by atoms with Crippen molar-refractivity contribution in [2.75, 3.05) is 0 Å². The number of halogens is 2. The Hall–Kier alpha value is 0.1000. The molecule has 1 aliphatic rings. The standard InChI is InChI=1S/C12H12BrIO/c13-11-6-5-9(14)7-10(11)12(15)8-3-1-2-4-8/h5-8H,1-4H2. The fourth-order valence-corrected chi connectivity index (χ4v) is 3.03. The Morgan fingerprint density at radius 2 is 2.00 bits per heavy atom. The summed E-state index contributed by atoms with van der Waals surface area (Å²) in [6.45, 7) is 0.